The van der Waals surface area contributed by atoms with Crippen LogP contribution in [0.4, 0.5) is 0 Å². The van der Waals surface area contributed by atoms with Gasteiger partial charge in [-0.3, -0.25) is 9.47 Å². The molecule has 8 heteroatoms. The number of aromatic nitrogens is 3. The Balaban J connectivity index is 1.35. The number of hydrogen-bond acceptors (Lipinski definition) is 7. The number of thiophene rings is 1. The maximum Gasteiger partial charge on any atom is 0.195 e. The highest BCUT2D eigenvalue weighted by molar-refractivity contribution is 7.99. The fourth-order valence-electron chi connectivity index (χ4n) is 4.56. The van der Waals surface area contributed by atoms with Gasteiger partial charge in [0.05, 0.1) is 18.9 Å². The summed E-state index contributed by atoms with van der Waals surface area (Å²) in [4.78, 5) is 2.55. The van der Waals surface area contributed by atoms with Crippen LogP contribution in [0.5, 0.6) is 5.75 Å². The summed E-state index contributed by atoms with van der Waals surface area (Å²) < 4.78 is 13.6. The molecule has 0 amide bonds. The maximum absolute atomic E-state index is 5.83. The predicted molar refractivity (Wildman–Crippen MR) is 129 cm³/mol. The molecule has 0 unspecified atom stereocenters. The quantitative estimate of drug-likeness (QED) is 0.433. The molecule has 5 rings (SSSR count). The van der Waals surface area contributed by atoms with Crippen molar-refractivity contribution in [1.29, 1.82) is 0 Å². The Hall–Kier alpha value is -1.87. The average Bonchev–Trinajstić information content (AvgIpc) is 3.60. The maximum atomic E-state index is 5.83. The zero-order valence-corrected chi connectivity index (χ0v) is 20.1. The topological polar surface area (TPSA) is 52.4 Å². The van der Waals surface area contributed by atoms with Crippen LogP contribution in [0.25, 0.3) is 5.69 Å². The van der Waals surface area contributed by atoms with Crippen molar-refractivity contribution in [3.05, 3.63) is 52.5 Å². The Morgan fingerprint density at radius 2 is 2.09 bits per heavy atom. The number of piperidine rings is 1. The molecule has 6 nitrogen and oxygen atoms in total. The molecule has 2 aliphatic rings. The lowest BCUT2D eigenvalue weighted by molar-refractivity contribution is 0.129. The molecular formula is C24H30N4O2S2. The van der Waals surface area contributed by atoms with Crippen LogP contribution in [0.1, 0.15) is 43.0 Å². The second kappa shape index (κ2) is 10.4. The van der Waals surface area contributed by atoms with E-state index in [-0.39, 0.29) is 0 Å². The number of methoxy groups -OCH3 is 1. The summed E-state index contributed by atoms with van der Waals surface area (Å²) in [5.74, 6) is 3.25. The van der Waals surface area contributed by atoms with E-state index >= 15 is 0 Å². The van der Waals surface area contributed by atoms with E-state index in [1.54, 1.807) is 30.2 Å². The van der Waals surface area contributed by atoms with Crippen molar-refractivity contribution in [3.63, 3.8) is 0 Å². The summed E-state index contributed by atoms with van der Waals surface area (Å²) in [6.45, 7) is 4.10. The van der Waals surface area contributed by atoms with Gasteiger partial charge in [0.2, 0.25) is 0 Å². The summed E-state index contributed by atoms with van der Waals surface area (Å²) in [7, 11) is 1.71. The molecule has 0 spiro atoms. The first-order chi connectivity index (χ1) is 15.8. The molecule has 3 aromatic rings. The van der Waals surface area contributed by atoms with Crippen molar-refractivity contribution >= 4 is 23.1 Å². The van der Waals surface area contributed by atoms with Gasteiger partial charge in [0, 0.05) is 30.9 Å². The third-order valence-corrected chi connectivity index (χ3v) is 8.12. The zero-order valence-electron chi connectivity index (χ0n) is 18.5. The summed E-state index contributed by atoms with van der Waals surface area (Å²) >= 11 is 3.53. The minimum absolute atomic E-state index is 0.319. The first-order valence-electron chi connectivity index (χ1n) is 11.4. The molecule has 0 radical (unpaired) electrons. The molecule has 0 aliphatic carbocycles. The van der Waals surface area contributed by atoms with Crippen molar-refractivity contribution in [3.8, 4) is 11.4 Å². The van der Waals surface area contributed by atoms with Crippen molar-refractivity contribution in [2.24, 2.45) is 0 Å². The molecule has 2 saturated heterocycles. The number of thioether (sulfide) groups is 1. The van der Waals surface area contributed by atoms with E-state index < -0.39 is 0 Å². The number of likely N-dealkylation sites (tertiary alicyclic amines) is 1. The fourth-order valence-corrected chi connectivity index (χ4v) is 6.25. The van der Waals surface area contributed by atoms with Crippen LogP contribution in [0, 0.1) is 0 Å². The summed E-state index contributed by atoms with van der Waals surface area (Å²) in [6, 6.07) is 10.4. The van der Waals surface area contributed by atoms with E-state index in [0.29, 0.717) is 12.0 Å². The highest BCUT2D eigenvalue weighted by Gasteiger charge is 2.28. The molecule has 4 heterocycles. The highest BCUT2D eigenvalue weighted by atomic mass is 32.2. The Morgan fingerprint density at radius 3 is 2.84 bits per heavy atom. The van der Waals surface area contributed by atoms with Crippen LogP contribution in [0.15, 0.2) is 46.2 Å². The molecular weight excluding hydrogens is 440 g/mol. The van der Waals surface area contributed by atoms with E-state index in [2.05, 4.69) is 43.5 Å². The molecule has 170 valence electrons. The van der Waals surface area contributed by atoms with E-state index in [4.69, 9.17) is 14.6 Å². The van der Waals surface area contributed by atoms with Gasteiger partial charge in [0.25, 0.3) is 0 Å². The Bertz CT molecular complexity index is 993. The fraction of sp³-hybridized carbons (Fsp3) is 0.500. The standard InChI is InChI=1S/C24H30N4O2S2/c1-29-21-5-2-4-20(14-21)28-23(25-26-24(28)32-17-22-6-3-12-30-22)19-7-10-27(11-8-19)15-18-9-13-31-16-18/h2,4-5,9,13-14,16,19,22H,3,6-8,10-12,15,17H2,1H3/t22-/m1/s1. The first kappa shape index (κ1) is 21.9. The monoisotopic (exact) mass is 470 g/mol. The molecule has 1 aromatic carbocycles. The largest absolute Gasteiger partial charge is 0.497 e. The van der Waals surface area contributed by atoms with Crippen LogP contribution in [-0.4, -0.2) is 58.3 Å². The van der Waals surface area contributed by atoms with Crippen LogP contribution in [-0.2, 0) is 11.3 Å². The predicted octanol–water partition coefficient (Wildman–Crippen LogP) is 4.99. The SMILES string of the molecule is COc1cccc(-n2c(SC[C@H]3CCCO3)nnc2C2CCN(Cc3ccsc3)CC2)c1. The van der Waals surface area contributed by atoms with Crippen LogP contribution < -0.4 is 4.74 Å². The lowest BCUT2D eigenvalue weighted by atomic mass is 9.95. The van der Waals surface area contributed by atoms with Gasteiger partial charge in [-0.1, -0.05) is 17.8 Å². The number of nitrogens with zero attached hydrogens (tertiary/aromatic N) is 4. The Labute approximate surface area is 197 Å². The van der Waals surface area contributed by atoms with Gasteiger partial charge in [0.15, 0.2) is 5.16 Å². The molecule has 0 N–H and O–H groups in total. The summed E-state index contributed by atoms with van der Waals surface area (Å²) in [5.41, 5.74) is 2.49. The zero-order chi connectivity index (χ0) is 21.8. The minimum Gasteiger partial charge on any atom is -0.497 e. The lowest BCUT2D eigenvalue weighted by Crippen LogP contribution is -2.33. The van der Waals surface area contributed by atoms with Crippen molar-refractivity contribution in [1.82, 2.24) is 19.7 Å². The highest BCUT2D eigenvalue weighted by Crippen LogP contribution is 2.34. The molecule has 2 fully saturated rings. The van der Waals surface area contributed by atoms with Gasteiger partial charge in [0.1, 0.15) is 11.6 Å². The van der Waals surface area contributed by atoms with Gasteiger partial charge < -0.3 is 9.47 Å². The molecule has 0 bridgehead atoms. The van der Waals surface area contributed by atoms with E-state index in [9.17, 15) is 0 Å². The van der Waals surface area contributed by atoms with Crippen molar-refractivity contribution in [2.75, 3.05) is 32.6 Å². The Kier molecular flexibility index (Phi) is 7.12. The summed E-state index contributed by atoms with van der Waals surface area (Å²) in [6.07, 6.45) is 4.81. The number of benzene rings is 1. The number of ether oxygens (including phenoxy) is 2. The van der Waals surface area contributed by atoms with E-state index in [1.807, 2.05) is 12.1 Å². The van der Waals surface area contributed by atoms with Crippen molar-refractivity contribution < 1.29 is 9.47 Å². The normalized spacial score (nSPS) is 20.1. The van der Waals surface area contributed by atoms with Gasteiger partial charge in [-0.2, -0.15) is 11.3 Å². The van der Waals surface area contributed by atoms with Gasteiger partial charge >= 0.3 is 0 Å². The van der Waals surface area contributed by atoms with Gasteiger partial charge in [-0.05, 0) is 73.3 Å². The molecule has 32 heavy (non-hydrogen) atoms. The second-order valence-corrected chi connectivity index (χ2v) is 10.3. The minimum atomic E-state index is 0.319. The summed E-state index contributed by atoms with van der Waals surface area (Å²) in [5, 5.41) is 14.7. The lowest BCUT2D eigenvalue weighted by Gasteiger charge is -2.31. The van der Waals surface area contributed by atoms with Crippen LogP contribution in [0.2, 0.25) is 0 Å². The van der Waals surface area contributed by atoms with Crippen LogP contribution >= 0.6 is 23.1 Å². The van der Waals surface area contributed by atoms with Gasteiger partial charge in [-0.15, -0.1) is 10.2 Å². The molecule has 1 atom stereocenters. The third kappa shape index (κ3) is 5.03. The molecule has 2 aromatic heterocycles. The van der Waals surface area contributed by atoms with Crippen LogP contribution in [0.3, 0.4) is 0 Å². The smallest absolute Gasteiger partial charge is 0.195 e. The number of hydrogen-bond donors (Lipinski definition) is 0. The number of rotatable bonds is 8. The molecule has 2 aliphatic heterocycles. The Morgan fingerprint density at radius 1 is 1.19 bits per heavy atom. The van der Waals surface area contributed by atoms with Gasteiger partial charge in [-0.25, -0.2) is 0 Å². The van der Waals surface area contributed by atoms with E-state index in [1.165, 1.54) is 5.56 Å². The first-order valence-corrected chi connectivity index (χ1v) is 13.3. The third-order valence-electron chi connectivity index (χ3n) is 6.33. The van der Waals surface area contributed by atoms with E-state index in [0.717, 1.165) is 80.1 Å². The average molecular weight is 471 g/mol. The molecule has 0 saturated carbocycles. The van der Waals surface area contributed by atoms with Crippen molar-refractivity contribution in [2.45, 2.75) is 49.4 Å². The second-order valence-electron chi connectivity index (χ2n) is 8.51.